The number of aryl methyl sites for hydroxylation is 1. The molecule has 0 amide bonds. The molecular formula is C22H18BrN3O2. The molecule has 0 spiro atoms. The second kappa shape index (κ2) is 7.58. The summed E-state index contributed by atoms with van der Waals surface area (Å²) in [5.41, 5.74) is 4.57. The fraction of sp³-hybridized carbons (Fsp3) is 0.0909. The van der Waals surface area contributed by atoms with E-state index >= 15 is 0 Å². The number of rotatable bonds is 3. The highest BCUT2D eigenvalue weighted by atomic mass is 79.9. The maximum Gasteiger partial charge on any atom is 0.166 e. The number of halogens is 1. The van der Waals surface area contributed by atoms with Crippen LogP contribution in [0.3, 0.4) is 0 Å². The smallest absolute Gasteiger partial charge is 0.166 e. The first kappa shape index (κ1) is 18.4. The molecule has 0 aliphatic carbocycles. The van der Waals surface area contributed by atoms with Crippen molar-refractivity contribution in [3.05, 3.63) is 88.4 Å². The molecule has 4 rings (SSSR count). The summed E-state index contributed by atoms with van der Waals surface area (Å²) in [5.74, 6) is 0.117. The van der Waals surface area contributed by atoms with Crippen LogP contribution in [0.2, 0.25) is 0 Å². The molecule has 1 unspecified atom stereocenters. The maximum atomic E-state index is 11.0. The van der Waals surface area contributed by atoms with Crippen molar-refractivity contribution in [3.8, 4) is 5.75 Å². The van der Waals surface area contributed by atoms with Gasteiger partial charge < -0.3 is 15.1 Å². The van der Waals surface area contributed by atoms with Crippen molar-refractivity contribution in [1.82, 2.24) is 0 Å². The van der Waals surface area contributed by atoms with Crippen molar-refractivity contribution in [1.29, 1.82) is 0 Å². The van der Waals surface area contributed by atoms with Crippen LogP contribution in [0, 0.1) is 6.92 Å². The van der Waals surface area contributed by atoms with E-state index in [1.807, 2.05) is 61.5 Å². The van der Waals surface area contributed by atoms with E-state index in [9.17, 15) is 10.2 Å². The Morgan fingerprint density at radius 1 is 0.929 bits per heavy atom. The zero-order valence-corrected chi connectivity index (χ0v) is 16.7. The number of para-hydroxylation sites is 1. The van der Waals surface area contributed by atoms with Crippen LogP contribution in [0.25, 0.3) is 5.70 Å². The quantitative estimate of drug-likeness (QED) is 0.494. The molecule has 1 aliphatic heterocycles. The van der Waals surface area contributed by atoms with E-state index in [0.717, 1.165) is 16.9 Å². The van der Waals surface area contributed by atoms with Gasteiger partial charge in [-0.2, -0.15) is 5.11 Å². The van der Waals surface area contributed by atoms with Gasteiger partial charge in [-0.05, 0) is 65.3 Å². The van der Waals surface area contributed by atoms with Crippen molar-refractivity contribution < 1.29 is 10.2 Å². The second-order valence-corrected chi connectivity index (χ2v) is 7.37. The van der Waals surface area contributed by atoms with Crippen LogP contribution in [-0.4, -0.2) is 16.4 Å². The highest BCUT2D eigenvalue weighted by molar-refractivity contribution is 9.11. The van der Waals surface area contributed by atoms with Crippen LogP contribution in [0.4, 0.5) is 17.1 Å². The van der Waals surface area contributed by atoms with Crippen molar-refractivity contribution in [2.75, 3.05) is 4.90 Å². The van der Waals surface area contributed by atoms with Gasteiger partial charge in [0, 0.05) is 11.3 Å². The first-order chi connectivity index (χ1) is 13.5. The van der Waals surface area contributed by atoms with Gasteiger partial charge >= 0.3 is 0 Å². The normalized spacial score (nSPS) is 16.5. The summed E-state index contributed by atoms with van der Waals surface area (Å²) in [6, 6.07) is 22.2. The summed E-state index contributed by atoms with van der Waals surface area (Å²) >= 11 is 3.49. The predicted molar refractivity (Wildman–Crippen MR) is 114 cm³/mol. The van der Waals surface area contributed by atoms with E-state index in [4.69, 9.17) is 0 Å². The van der Waals surface area contributed by atoms with E-state index in [-0.39, 0.29) is 5.75 Å². The molecule has 0 saturated heterocycles. The van der Waals surface area contributed by atoms with Crippen LogP contribution in [0.5, 0.6) is 5.75 Å². The third-order valence-corrected chi connectivity index (χ3v) is 5.31. The Bertz CT molecular complexity index is 1060. The standard InChI is InChI=1S/C22H18BrN3O2/c1-14-7-9-15(10-8-14)24-25-21-18-13-17(27)11-12-19(18)26(22(28)20(21)23)16-5-3-2-4-6-16/h2-13,22,27-28H,1H3. The van der Waals surface area contributed by atoms with E-state index in [0.29, 0.717) is 21.4 Å². The number of aliphatic hydroxyl groups excluding tert-OH is 1. The average molecular weight is 436 g/mol. The topological polar surface area (TPSA) is 68.4 Å². The van der Waals surface area contributed by atoms with Gasteiger partial charge in [0.1, 0.15) is 11.4 Å². The molecular weight excluding hydrogens is 418 g/mol. The molecule has 5 nitrogen and oxygen atoms in total. The van der Waals surface area contributed by atoms with Crippen molar-refractivity contribution in [2.24, 2.45) is 10.2 Å². The lowest BCUT2D eigenvalue weighted by Gasteiger charge is -2.35. The Morgan fingerprint density at radius 3 is 2.36 bits per heavy atom. The summed E-state index contributed by atoms with van der Waals surface area (Å²) in [6.45, 7) is 2.01. The number of azo groups is 1. The Morgan fingerprint density at radius 2 is 1.64 bits per heavy atom. The van der Waals surface area contributed by atoms with Crippen molar-refractivity contribution >= 4 is 38.7 Å². The molecule has 0 bridgehead atoms. The summed E-state index contributed by atoms with van der Waals surface area (Å²) in [4.78, 5) is 1.78. The molecule has 0 radical (unpaired) electrons. The molecule has 1 heterocycles. The van der Waals surface area contributed by atoms with E-state index in [2.05, 4.69) is 26.2 Å². The van der Waals surface area contributed by atoms with Crippen LogP contribution in [0.1, 0.15) is 11.1 Å². The van der Waals surface area contributed by atoms with Crippen molar-refractivity contribution in [2.45, 2.75) is 13.2 Å². The van der Waals surface area contributed by atoms with Gasteiger partial charge in [-0.3, -0.25) is 0 Å². The van der Waals surface area contributed by atoms with Gasteiger partial charge in [-0.25, -0.2) is 0 Å². The number of aromatic hydroxyl groups is 1. The SMILES string of the molecule is Cc1ccc(N=NC2=C(Br)C(O)N(c3ccccc3)c3ccc(O)cc32)cc1. The third kappa shape index (κ3) is 3.44. The van der Waals surface area contributed by atoms with E-state index in [1.165, 1.54) is 0 Å². The molecule has 1 aliphatic rings. The first-order valence-corrected chi connectivity index (χ1v) is 9.58. The zero-order valence-electron chi connectivity index (χ0n) is 15.1. The number of anilines is 2. The lowest BCUT2D eigenvalue weighted by molar-refractivity contribution is 0.225. The molecule has 0 saturated carbocycles. The van der Waals surface area contributed by atoms with Gasteiger partial charge in [-0.1, -0.05) is 35.9 Å². The average Bonchev–Trinajstić information content (AvgIpc) is 2.71. The van der Waals surface area contributed by atoms with Crippen LogP contribution < -0.4 is 4.90 Å². The van der Waals surface area contributed by atoms with Crippen LogP contribution in [0.15, 0.2) is 87.5 Å². The van der Waals surface area contributed by atoms with E-state index in [1.54, 1.807) is 23.1 Å². The minimum Gasteiger partial charge on any atom is -0.508 e. The number of benzene rings is 3. The molecule has 2 N–H and O–H groups in total. The second-order valence-electron chi connectivity index (χ2n) is 6.51. The van der Waals surface area contributed by atoms with Gasteiger partial charge in [0.05, 0.1) is 15.9 Å². The van der Waals surface area contributed by atoms with Crippen molar-refractivity contribution in [3.63, 3.8) is 0 Å². The largest absolute Gasteiger partial charge is 0.508 e. The number of aliphatic hydroxyl groups is 1. The van der Waals surface area contributed by atoms with Crippen LogP contribution >= 0.6 is 15.9 Å². The molecule has 1 atom stereocenters. The third-order valence-electron chi connectivity index (χ3n) is 4.53. The van der Waals surface area contributed by atoms with Crippen LogP contribution in [-0.2, 0) is 0 Å². The molecule has 0 fully saturated rings. The zero-order chi connectivity index (χ0) is 19.7. The summed E-state index contributed by atoms with van der Waals surface area (Å²) in [6.07, 6.45) is -0.966. The number of hydrogen-bond donors (Lipinski definition) is 2. The molecule has 28 heavy (non-hydrogen) atoms. The van der Waals surface area contributed by atoms with Gasteiger partial charge in [0.2, 0.25) is 0 Å². The predicted octanol–water partition coefficient (Wildman–Crippen LogP) is 6.02. The highest BCUT2D eigenvalue weighted by Crippen LogP contribution is 2.45. The monoisotopic (exact) mass is 435 g/mol. The lowest BCUT2D eigenvalue weighted by Crippen LogP contribution is -2.34. The first-order valence-electron chi connectivity index (χ1n) is 8.78. The number of nitrogens with zero attached hydrogens (tertiary/aromatic N) is 3. The molecule has 140 valence electrons. The molecule has 3 aromatic rings. The highest BCUT2D eigenvalue weighted by Gasteiger charge is 2.32. The summed E-state index contributed by atoms with van der Waals surface area (Å²) < 4.78 is 0.477. The Balaban J connectivity index is 1.82. The number of phenols is 1. The Kier molecular flexibility index (Phi) is 4.98. The summed E-state index contributed by atoms with van der Waals surface area (Å²) in [5, 5.41) is 29.7. The van der Waals surface area contributed by atoms with Gasteiger partial charge in [-0.15, -0.1) is 5.11 Å². The number of phenolic OH excluding ortho intramolecular Hbond substituents is 1. The van der Waals surface area contributed by atoms with Gasteiger partial charge in [0.25, 0.3) is 0 Å². The van der Waals surface area contributed by atoms with Gasteiger partial charge in [0.15, 0.2) is 6.23 Å². The minimum atomic E-state index is -0.966. The Hall–Kier alpha value is -2.96. The minimum absolute atomic E-state index is 0.117. The molecule has 0 aromatic heterocycles. The Labute approximate surface area is 171 Å². The fourth-order valence-electron chi connectivity index (χ4n) is 3.11. The maximum absolute atomic E-state index is 11.0. The van der Waals surface area contributed by atoms with E-state index < -0.39 is 6.23 Å². The molecule has 3 aromatic carbocycles. The number of hydrogen-bond acceptors (Lipinski definition) is 5. The lowest BCUT2D eigenvalue weighted by atomic mass is 10.0. The molecule has 6 heteroatoms. The fourth-order valence-corrected chi connectivity index (χ4v) is 3.61. The summed E-state index contributed by atoms with van der Waals surface area (Å²) in [7, 11) is 0. The number of fused-ring (bicyclic) bond motifs is 1.